The third kappa shape index (κ3) is 4.23. The van der Waals surface area contributed by atoms with Crippen molar-refractivity contribution in [3.05, 3.63) is 66.0 Å². The van der Waals surface area contributed by atoms with Crippen molar-refractivity contribution in [1.82, 2.24) is 15.0 Å². The van der Waals surface area contributed by atoms with Crippen LogP contribution in [0.2, 0.25) is 5.28 Å². The molecule has 4 rings (SSSR count). The van der Waals surface area contributed by atoms with Crippen LogP contribution in [0.5, 0.6) is 0 Å². The molecule has 3 aromatic heterocycles. The second-order valence-corrected chi connectivity index (χ2v) is 9.91. The summed E-state index contributed by atoms with van der Waals surface area (Å²) in [5, 5.41) is -0.00995. The maximum atomic E-state index is 15.5. The SMILES string of the molecule is CC(C)(C)c1nc(-c2cccc(NS(=O)(=O)c3ccoc3)c2F)c(-c2ccnc(Cl)n2)o1. The molecule has 0 spiro atoms. The minimum Gasteiger partial charge on any atom is -0.471 e. The molecule has 0 aliphatic heterocycles. The zero-order chi connectivity index (χ0) is 23.1. The zero-order valence-corrected chi connectivity index (χ0v) is 18.8. The second-order valence-electron chi connectivity index (χ2n) is 7.89. The highest BCUT2D eigenvalue weighted by Gasteiger charge is 2.28. The van der Waals surface area contributed by atoms with E-state index in [1.807, 2.05) is 20.8 Å². The van der Waals surface area contributed by atoms with Crippen LogP contribution in [0.3, 0.4) is 0 Å². The van der Waals surface area contributed by atoms with Gasteiger partial charge in [-0.3, -0.25) is 4.72 Å². The summed E-state index contributed by atoms with van der Waals surface area (Å²) < 4.78 is 53.6. The van der Waals surface area contributed by atoms with Gasteiger partial charge in [-0.25, -0.2) is 27.8 Å². The Balaban J connectivity index is 1.85. The lowest BCUT2D eigenvalue weighted by Gasteiger charge is -2.12. The molecule has 1 aromatic carbocycles. The van der Waals surface area contributed by atoms with Gasteiger partial charge in [0.1, 0.15) is 22.5 Å². The molecular weight excluding hydrogens is 459 g/mol. The number of nitrogens with zero attached hydrogens (tertiary/aromatic N) is 3. The first kappa shape index (κ1) is 22.0. The van der Waals surface area contributed by atoms with Crippen LogP contribution in [0.4, 0.5) is 10.1 Å². The van der Waals surface area contributed by atoms with E-state index in [4.69, 9.17) is 20.4 Å². The molecule has 32 heavy (non-hydrogen) atoms. The highest BCUT2D eigenvalue weighted by molar-refractivity contribution is 7.92. The predicted molar refractivity (Wildman–Crippen MR) is 116 cm³/mol. The molecule has 0 unspecified atom stereocenters. The average Bonchev–Trinajstić information content (AvgIpc) is 3.40. The van der Waals surface area contributed by atoms with Crippen molar-refractivity contribution in [2.24, 2.45) is 0 Å². The Labute approximate surface area is 188 Å². The molecule has 0 aliphatic carbocycles. The summed E-state index contributed by atoms with van der Waals surface area (Å²) in [6.45, 7) is 5.68. The maximum absolute atomic E-state index is 15.5. The van der Waals surface area contributed by atoms with Crippen LogP contribution < -0.4 is 4.72 Å². The third-order valence-electron chi connectivity index (χ3n) is 4.43. The van der Waals surface area contributed by atoms with E-state index in [0.717, 1.165) is 6.26 Å². The van der Waals surface area contributed by atoms with Crippen LogP contribution in [-0.2, 0) is 15.4 Å². The lowest BCUT2D eigenvalue weighted by molar-refractivity contribution is 0.398. The first-order chi connectivity index (χ1) is 15.1. The van der Waals surface area contributed by atoms with Gasteiger partial charge >= 0.3 is 0 Å². The van der Waals surface area contributed by atoms with Crippen LogP contribution in [-0.4, -0.2) is 23.4 Å². The van der Waals surface area contributed by atoms with Crippen LogP contribution in [0.1, 0.15) is 26.7 Å². The minimum atomic E-state index is -4.04. The summed E-state index contributed by atoms with van der Waals surface area (Å²) >= 11 is 5.93. The minimum absolute atomic E-state index is 0.00995. The first-order valence-electron chi connectivity index (χ1n) is 9.40. The van der Waals surface area contributed by atoms with E-state index in [9.17, 15) is 8.42 Å². The van der Waals surface area contributed by atoms with Gasteiger partial charge in [-0.15, -0.1) is 0 Å². The number of furan rings is 1. The summed E-state index contributed by atoms with van der Waals surface area (Å²) in [6.07, 6.45) is 3.71. The average molecular weight is 477 g/mol. The van der Waals surface area contributed by atoms with E-state index in [1.165, 1.54) is 36.7 Å². The summed E-state index contributed by atoms with van der Waals surface area (Å²) in [5.41, 5.74) is -0.240. The lowest BCUT2D eigenvalue weighted by atomic mass is 9.97. The molecule has 0 atom stereocenters. The first-order valence-corrected chi connectivity index (χ1v) is 11.3. The number of halogens is 2. The number of hydrogen-bond acceptors (Lipinski definition) is 7. The van der Waals surface area contributed by atoms with Crippen molar-refractivity contribution >= 4 is 27.3 Å². The highest BCUT2D eigenvalue weighted by Crippen LogP contribution is 2.38. The van der Waals surface area contributed by atoms with Crippen molar-refractivity contribution in [2.75, 3.05) is 4.72 Å². The van der Waals surface area contributed by atoms with E-state index >= 15 is 4.39 Å². The van der Waals surface area contributed by atoms with Gasteiger partial charge in [0, 0.05) is 17.2 Å². The van der Waals surface area contributed by atoms with Crippen molar-refractivity contribution in [1.29, 1.82) is 0 Å². The molecular formula is C21H18ClFN4O4S. The summed E-state index contributed by atoms with van der Waals surface area (Å²) in [5.74, 6) is -0.288. The third-order valence-corrected chi connectivity index (χ3v) is 5.95. The largest absolute Gasteiger partial charge is 0.471 e. The monoisotopic (exact) mass is 476 g/mol. The Hall–Kier alpha value is -3.24. The van der Waals surface area contributed by atoms with Gasteiger partial charge < -0.3 is 8.83 Å². The lowest BCUT2D eigenvalue weighted by Crippen LogP contribution is -2.13. The molecule has 3 heterocycles. The molecule has 11 heteroatoms. The number of benzene rings is 1. The van der Waals surface area contributed by atoms with Gasteiger partial charge in [-0.05, 0) is 35.9 Å². The number of sulfonamides is 1. The van der Waals surface area contributed by atoms with Crippen molar-refractivity contribution in [2.45, 2.75) is 31.1 Å². The smallest absolute Gasteiger partial charge is 0.265 e. The fourth-order valence-corrected chi connectivity index (χ4v) is 3.99. The zero-order valence-electron chi connectivity index (χ0n) is 17.3. The Kier molecular flexibility index (Phi) is 5.51. The Bertz CT molecular complexity index is 1380. The van der Waals surface area contributed by atoms with Crippen LogP contribution >= 0.6 is 11.6 Å². The Morgan fingerprint density at radius 1 is 1.12 bits per heavy atom. The molecule has 0 bridgehead atoms. The van der Waals surface area contributed by atoms with Crippen LogP contribution in [0.25, 0.3) is 22.7 Å². The van der Waals surface area contributed by atoms with Crippen molar-refractivity contribution < 1.29 is 21.6 Å². The second kappa shape index (κ2) is 8.03. The van der Waals surface area contributed by atoms with E-state index in [2.05, 4.69) is 19.7 Å². The molecule has 0 amide bonds. The standard InChI is InChI=1S/C21H18ClFN4O4S/c1-21(2,3)19-26-17(18(31-19)15-7-9-24-20(22)25-15)13-5-4-6-14(16(13)23)27-32(28,29)12-8-10-30-11-12/h4-11,27H,1-3H3. The van der Waals surface area contributed by atoms with Gasteiger partial charge in [-0.1, -0.05) is 26.8 Å². The van der Waals surface area contributed by atoms with Gasteiger partial charge in [0.2, 0.25) is 11.2 Å². The van der Waals surface area contributed by atoms with E-state index in [1.54, 1.807) is 6.07 Å². The fourth-order valence-electron chi connectivity index (χ4n) is 2.86. The molecule has 8 nitrogen and oxygen atoms in total. The molecule has 0 radical (unpaired) electrons. The van der Waals surface area contributed by atoms with Gasteiger partial charge in [0.15, 0.2) is 11.6 Å². The number of hydrogen-bond donors (Lipinski definition) is 1. The molecule has 0 aliphatic rings. The topological polar surface area (TPSA) is 111 Å². The van der Waals surface area contributed by atoms with E-state index < -0.39 is 21.3 Å². The fraction of sp³-hybridized carbons (Fsp3) is 0.190. The number of rotatable bonds is 5. The van der Waals surface area contributed by atoms with Gasteiger partial charge in [0.05, 0.1) is 12.0 Å². The van der Waals surface area contributed by atoms with Gasteiger partial charge in [0.25, 0.3) is 10.0 Å². The summed E-state index contributed by atoms with van der Waals surface area (Å²) in [7, 11) is -4.04. The number of anilines is 1. The Morgan fingerprint density at radius 2 is 1.91 bits per heavy atom. The normalized spacial score (nSPS) is 12.2. The Morgan fingerprint density at radius 3 is 2.56 bits per heavy atom. The molecule has 166 valence electrons. The summed E-state index contributed by atoms with van der Waals surface area (Å²) in [6, 6.07) is 7.11. The molecule has 0 fully saturated rings. The van der Waals surface area contributed by atoms with E-state index in [0.29, 0.717) is 11.6 Å². The molecule has 0 saturated heterocycles. The predicted octanol–water partition coefficient (Wildman–Crippen LogP) is 5.28. The van der Waals surface area contributed by atoms with Crippen molar-refractivity contribution in [3.63, 3.8) is 0 Å². The molecule has 4 aromatic rings. The van der Waals surface area contributed by atoms with Gasteiger partial charge in [-0.2, -0.15) is 0 Å². The van der Waals surface area contributed by atoms with E-state index in [-0.39, 0.29) is 32.9 Å². The molecule has 0 saturated carbocycles. The quantitative estimate of drug-likeness (QED) is 0.390. The van der Waals surface area contributed by atoms with Crippen molar-refractivity contribution in [3.8, 4) is 22.7 Å². The maximum Gasteiger partial charge on any atom is 0.265 e. The van der Waals surface area contributed by atoms with Crippen LogP contribution in [0.15, 0.2) is 62.8 Å². The highest BCUT2D eigenvalue weighted by atomic mass is 35.5. The number of nitrogens with one attached hydrogen (secondary N) is 1. The van der Waals surface area contributed by atoms with Crippen LogP contribution in [0, 0.1) is 5.82 Å². The number of aromatic nitrogens is 3. The molecule has 1 N–H and O–H groups in total. The number of oxazole rings is 1. The summed E-state index contributed by atoms with van der Waals surface area (Å²) in [4.78, 5) is 12.4.